The fourth-order valence-corrected chi connectivity index (χ4v) is 5.83. The van der Waals surface area contributed by atoms with Gasteiger partial charge in [0.2, 0.25) is 0 Å². The van der Waals surface area contributed by atoms with Crippen molar-refractivity contribution in [3.63, 3.8) is 0 Å². The van der Waals surface area contributed by atoms with E-state index in [0.29, 0.717) is 0 Å². The Kier molecular flexibility index (Phi) is 3.67. The average Bonchev–Trinajstić information content (AvgIpc) is 2.30. The van der Waals surface area contributed by atoms with E-state index in [1.165, 1.54) is 20.8 Å². The minimum absolute atomic E-state index is 0.126. The number of carbonyl (C=O) groups is 4. The molecule has 4 aliphatic rings. The molecule has 4 bridgehead atoms. The molecule has 0 aromatic rings. The van der Waals surface area contributed by atoms with E-state index in [2.05, 4.69) is 0 Å². The zero-order chi connectivity index (χ0) is 18.7. The van der Waals surface area contributed by atoms with Crippen molar-refractivity contribution in [1.29, 1.82) is 0 Å². The van der Waals surface area contributed by atoms with Crippen LogP contribution in [0.1, 0.15) is 59.3 Å². The van der Waals surface area contributed by atoms with Crippen LogP contribution in [0.15, 0.2) is 0 Å². The maximum absolute atomic E-state index is 12.1. The molecule has 138 valence electrons. The highest BCUT2D eigenvalue weighted by atomic mass is 16.6. The van der Waals surface area contributed by atoms with Crippen LogP contribution in [-0.2, 0) is 33.4 Å². The second-order valence-corrected chi connectivity index (χ2v) is 7.98. The number of hydrogen-bond acceptors (Lipinski definition) is 7. The predicted octanol–water partition coefficient (Wildman–Crippen LogP) is 1.34. The quantitative estimate of drug-likeness (QED) is 0.594. The molecule has 8 nitrogen and oxygen atoms in total. The second-order valence-electron chi connectivity index (χ2n) is 7.98. The third-order valence-corrected chi connectivity index (χ3v) is 5.45. The fraction of sp³-hybridized carbons (Fsp3) is 0.765. The number of aliphatic carboxylic acids is 1. The number of hydrogen-bond donors (Lipinski definition) is 1. The molecule has 4 aliphatic carbocycles. The third kappa shape index (κ3) is 2.87. The molecule has 4 fully saturated rings. The van der Waals surface area contributed by atoms with Crippen molar-refractivity contribution in [2.24, 2.45) is 5.41 Å². The van der Waals surface area contributed by atoms with Crippen molar-refractivity contribution in [2.75, 3.05) is 0 Å². The SMILES string of the molecule is CC(=O)OC12CC3(OC(C)=O)CC(OC(C)=O)(C1)CC(C(=O)O)(C2)C3. The molecule has 0 spiro atoms. The van der Waals surface area contributed by atoms with Crippen LogP contribution in [0.4, 0.5) is 0 Å². The summed E-state index contributed by atoms with van der Waals surface area (Å²) in [6.07, 6.45) is 1.04. The van der Waals surface area contributed by atoms with Crippen molar-refractivity contribution in [1.82, 2.24) is 0 Å². The van der Waals surface area contributed by atoms with E-state index in [1.807, 2.05) is 0 Å². The van der Waals surface area contributed by atoms with Gasteiger partial charge in [0.25, 0.3) is 0 Å². The summed E-state index contributed by atoms with van der Waals surface area (Å²) in [5, 5.41) is 9.90. The van der Waals surface area contributed by atoms with E-state index in [0.717, 1.165) is 0 Å². The van der Waals surface area contributed by atoms with Gasteiger partial charge in [-0.2, -0.15) is 0 Å². The Balaban J connectivity index is 2.12. The first kappa shape index (κ1) is 17.7. The van der Waals surface area contributed by atoms with Gasteiger partial charge in [-0.1, -0.05) is 0 Å². The van der Waals surface area contributed by atoms with Crippen LogP contribution in [-0.4, -0.2) is 45.8 Å². The Bertz CT molecular complexity index is 579. The van der Waals surface area contributed by atoms with Gasteiger partial charge in [0, 0.05) is 59.3 Å². The molecule has 4 rings (SSSR count). The summed E-state index contributed by atoms with van der Waals surface area (Å²) >= 11 is 0. The topological polar surface area (TPSA) is 116 Å². The van der Waals surface area contributed by atoms with Crippen molar-refractivity contribution in [2.45, 2.75) is 76.1 Å². The molecule has 0 radical (unpaired) electrons. The number of esters is 3. The van der Waals surface area contributed by atoms with Crippen LogP contribution in [0.5, 0.6) is 0 Å². The molecule has 0 aromatic carbocycles. The molecule has 0 atom stereocenters. The zero-order valence-electron chi connectivity index (χ0n) is 14.5. The molecule has 0 aromatic heterocycles. The summed E-state index contributed by atoms with van der Waals surface area (Å²) in [5.41, 5.74) is -4.63. The molecule has 25 heavy (non-hydrogen) atoms. The highest BCUT2D eigenvalue weighted by Gasteiger charge is 2.74. The van der Waals surface area contributed by atoms with Crippen molar-refractivity contribution < 1.29 is 38.5 Å². The second kappa shape index (κ2) is 5.19. The monoisotopic (exact) mass is 354 g/mol. The lowest BCUT2D eigenvalue weighted by molar-refractivity contribution is -0.290. The van der Waals surface area contributed by atoms with Crippen molar-refractivity contribution in [3.05, 3.63) is 0 Å². The molecule has 0 heterocycles. The first-order chi connectivity index (χ1) is 11.4. The van der Waals surface area contributed by atoms with Crippen molar-refractivity contribution >= 4 is 23.9 Å². The summed E-state index contributed by atoms with van der Waals surface area (Å²) in [6.45, 7) is 3.76. The highest BCUT2D eigenvalue weighted by Crippen LogP contribution is 2.67. The van der Waals surface area contributed by atoms with Gasteiger partial charge >= 0.3 is 23.9 Å². The zero-order valence-corrected chi connectivity index (χ0v) is 14.5. The van der Waals surface area contributed by atoms with Crippen molar-refractivity contribution in [3.8, 4) is 0 Å². The van der Waals surface area contributed by atoms with Crippen LogP contribution in [0, 0.1) is 5.41 Å². The van der Waals surface area contributed by atoms with Gasteiger partial charge in [0.15, 0.2) is 0 Å². The predicted molar refractivity (Wildman–Crippen MR) is 81.3 cm³/mol. The Labute approximate surface area is 144 Å². The van der Waals surface area contributed by atoms with Crippen LogP contribution >= 0.6 is 0 Å². The van der Waals surface area contributed by atoms with Crippen LogP contribution in [0.2, 0.25) is 0 Å². The van der Waals surface area contributed by atoms with Crippen LogP contribution in [0.3, 0.4) is 0 Å². The van der Waals surface area contributed by atoms with E-state index in [9.17, 15) is 24.3 Å². The van der Waals surface area contributed by atoms with E-state index >= 15 is 0 Å². The van der Waals surface area contributed by atoms with Gasteiger partial charge < -0.3 is 19.3 Å². The summed E-state index contributed by atoms with van der Waals surface area (Å²) in [7, 11) is 0. The largest absolute Gasteiger partial charge is 0.481 e. The standard InChI is InChI=1S/C17H22O8/c1-10(18)23-15-4-14(13(21)22)5-16(7-15,24-11(2)19)9-17(6-14,8-15)25-12(3)20/h4-9H2,1-3H3,(H,21,22). The normalized spacial score (nSPS) is 41.1. The molecular formula is C17H22O8. The Morgan fingerprint density at radius 1 is 0.640 bits per heavy atom. The molecule has 4 saturated carbocycles. The van der Waals surface area contributed by atoms with E-state index < -0.39 is 46.1 Å². The number of rotatable bonds is 4. The number of carboxylic acid groups (broad SMARTS) is 1. The lowest BCUT2D eigenvalue weighted by Crippen LogP contribution is -2.73. The number of carboxylic acids is 1. The van der Waals surface area contributed by atoms with Gasteiger partial charge in [-0.3, -0.25) is 19.2 Å². The lowest BCUT2D eigenvalue weighted by atomic mass is 9.44. The Hall–Kier alpha value is -2.12. The molecule has 8 heteroatoms. The van der Waals surface area contributed by atoms with Gasteiger partial charge in [-0.25, -0.2) is 0 Å². The maximum Gasteiger partial charge on any atom is 0.310 e. The maximum atomic E-state index is 12.1. The van der Waals surface area contributed by atoms with E-state index in [-0.39, 0.29) is 38.5 Å². The van der Waals surface area contributed by atoms with Crippen LogP contribution in [0.25, 0.3) is 0 Å². The summed E-state index contributed by atoms with van der Waals surface area (Å²) in [4.78, 5) is 47.1. The Morgan fingerprint density at radius 3 is 1.12 bits per heavy atom. The minimum atomic E-state index is -1.27. The Morgan fingerprint density at radius 2 is 0.920 bits per heavy atom. The summed E-state index contributed by atoms with van der Waals surface area (Å²) < 4.78 is 16.7. The molecule has 0 amide bonds. The van der Waals surface area contributed by atoms with Crippen LogP contribution < -0.4 is 0 Å². The number of carbonyl (C=O) groups excluding carboxylic acids is 3. The summed E-state index contributed by atoms with van der Waals surface area (Å²) in [6, 6.07) is 0. The van der Waals surface area contributed by atoms with Gasteiger partial charge in [-0.15, -0.1) is 0 Å². The molecule has 0 aliphatic heterocycles. The highest BCUT2D eigenvalue weighted by molar-refractivity contribution is 5.77. The number of ether oxygens (including phenoxy) is 3. The van der Waals surface area contributed by atoms with E-state index in [1.54, 1.807) is 0 Å². The lowest BCUT2D eigenvalue weighted by Gasteiger charge is -2.66. The van der Waals surface area contributed by atoms with E-state index in [4.69, 9.17) is 14.2 Å². The molecule has 0 unspecified atom stereocenters. The minimum Gasteiger partial charge on any atom is -0.481 e. The smallest absolute Gasteiger partial charge is 0.310 e. The molecular weight excluding hydrogens is 332 g/mol. The third-order valence-electron chi connectivity index (χ3n) is 5.45. The molecule has 0 saturated heterocycles. The fourth-order valence-electron chi connectivity index (χ4n) is 5.83. The van der Waals surface area contributed by atoms with Gasteiger partial charge in [0.1, 0.15) is 16.8 Å². The molecule has 1 N–H and O–H groups in total. The van der Waals surface area contributed by atoms with Gasteiger partial charge in [0.05, 0.1) is 5.41 Å². The average molecular weight is 354 g/mol. The van der Waals surface area contributed by atoms with Gasteiger partial charge in [-0.05, 0) is 0 Å². The summed E-state index contributed by atoms with van der Waals surface area (Å²) in [5.74, 6) is -2.69. The first-order valence-corrected chi connectivity index (χ1v) is 8.26. The first-order valence-electron chi connectivity index (χ1n) is 8.26.